The molecule has 2 rings (SSSR count). The first-order chi connectivity index (χ1) is 9.56. The predicted molar refractivity (Wildman–Crippen MR) is 76.3 cm³/mol. The maximum absolute atomic E-state index is 12.4. The van der Waals surface area contributed by atoms with Gasteiger partial charge in [0.25, 0.3) is 0 Å². The second-order valence-electron chi connectivity index (χ2n) is 5.38. The van der Waals surface area contributed by atoms with Gasteiger partial charge in [-0.15, -0.1) is 0 Å². The zero-order chi connectivity index (χ0) is 14.5. The Balaban J connectivity index is 2.01. The van der Waals surface area contributed by atoms with E-state index in [2.05, 4.69) is 17.0 Å². The van der Waals surface area contributed by atoms with Gasteiger partial charge in [0, 0.05) is 23.2 Å². The molecule has 0 aromatic heterocycles. The summed E-state index contributed by atoms with van der Waals surface area (Å²) in [5.41, 5.74) is 0.676. The maximum atomic E-state index is 12.4. The van der Waals surface area contributed by atoms with Crippen molar-refractivity contribution < 1.29 is 13.5 Å². The van der Waals surface area contributed by atoms with Crippen molar-refractivity contribution in [3.63, 3.8) is 0 Å². The van der Waals surface area contributed by atoms with Gasteiger partial charge in [0.05, 0.1) is 0 Å². The summed E-state index contributed by atoms with van der Waals surface area (Å²) >= 11 is 5.93. The monoisotopic (exact) mass is 303 g/mol. The van der Waals surface area contributed by atoms with Crippen LogP contribution in [0.15, 0.2) is 18.2 Å². The highest BCUT2D eigenvalue weighted by Crippen LogP contribution is 2.27. The molecule has 0 heterocycles. The quantitative estimate of drug-likeness (QED) is 0.857. The predicted octanol–water partition coefficient (Wildman–Crippen LogP) is 4.61. The highest BCUT2D eigenvalue weighted by Gasteiger charge is 2.21. The molecule has 1 aromatic carbocycles. The maximum Gasteiger partial charge on any atom is 0.387 e. The molecule has 1 fully saturated rings. The van der Waals surface area contributed by atoms with Crippen LogP contribution in [0.2, 0.25) is 5.02 Å². The third-order valence-corrected chi connectivity index (χ3v) is 4.14. The van der Waals surface area contributed by atoms with Crippen molar-refractivity contribution in [2.75, 3.05) is 0 Å². The van der Waals surface area contributed by atoms with E-state index in [1.165, 1.54) is 25.3 Å². The molecule has 1 aromatic rings. The van der Waals surface area contributed by atoms with Crippen LogP contribution in [0.25, 0.3) is 0 Å². The van der Waals surface area contributed by atoms with Gasteiger partial charge in [-0.25, -0.2) is 0 Å². The van der Waals surface area contributed by atoms with Crippen LogP contribution < -0.4 is 10.1 Å². The molecule has 0 radical (unpaired) electrons. The van der Waals surface area contributed by atoms with E-state index in [4.69, 9.17) is 11.6 Å². The first-order valence-electron chi connectivity index (χ1n) is 7.03. The van der Waals surface area contributed by atoms with Gasteiger partial charge in [0.1, 0.15) is 5.75 Å². The molecule has 2 unspecified atom stereocenters. The van der Waals surface area contributed by atoms with Gasteiger partial charge in [-0.1, -0.05) is 31.4 Å². The van der Waals surface area contributed by atoms with Crippen LogP contribution in [0.3, 0.4) is 0 Å². The average Bonchev–Trinajstić information content (AvgIpc) is 2.40. The SMILES string of the molecule is CC1CCCCC1NCc1cc(Cl)ccc1OC(F)F. The average molecular weight is 304 g/mol. The number of alkyl halides is 2. The summed E-state index contributed by atoms with van der Waals surface area (Å²) < 4.78 is 29.3. The van der Waals surface area contributed by atoms with E-state index in [1.54, 1.807) is 12.1 Å². The first kappa shape index (κ1) is 15.5. The van der Waals surface area contributed by atoms with Gasteiger partial charge in [-0.05, 0) is 37.0 Å². The molecule has 1 N–H and O–H groups in total. The van der Waals surface area contributed by atoms with Crippen molar-refractivity contribution in [1.82, 2.24) is 5.32 Å². The molecular formula is C15H20ClF2NO. The molecule has 1 saturated carbocycles. The van der Waals surface area contributed by atoms with Crippen LogP contribution in [0.5, 0.6) is 5.75 Å². The molecule has 1 aliphatic carbocycles. The normalized spacial score (nSPS) is 23.1. The van der Waals surface area contributed by atoms with E-state index >= 15 is 0 Å². The number of halogens is 3. The molecular weight excluding hydrogens is 284 g/mol. The number of nitrogens with one attached hydrogen (secondary N) is 1. The Morgan fingerprint density at radius 3 is 2.80 bits per heavy atom. The Morgan fingerprint density at radius 2 is 2.10 bits per heavy atom. The second-order valence-corrected chi connectivity index (χ2v) is 5.82. The minimum Gasteiger partial charge on any atom is -0.434 e. The van der Waals surface area contributed by atoms with Gasteiger partial charge < -0.3 is 10.1 Å². The molecule has 5 heteroatoms. The molecule has 0 spiro atoms. The fraction of sp³-hybridized carbons (Fsp3) is 0.600. The standard InChI is InChI=1S/C15H20ClF2NO/c1-10-4-2-3-5-13(10)19-9-11-8-12(16)6-7-14(11)20-15(17)18/h6-8,10,13,15,19H,2-5,9H2,1H3. The molecule has 20 heavy (non-hydrogen) atoms. The topological polar surface area (TPSA) is 21.3 Å². The van der Waals surface area contributed by atoms with E-state index < -0.39 is 6.61 Å². The van der Waals surface area contributed by atoms with Gasteiger partial charge in [-0.3, -0.25) is 0 Å². The van der Waals surface area contributed by atoms with Crippen molar-refractivity contribution in [1.29, 1.82) is 0 Å². The molecule has 0 bridgehead atoms. The Labute approximate surface area is 123 Å². The van der Waals surface area contributed by atoms with Gasteiger partial charge in [-0.2, -0.15) is 8.78 Å². The fourth-order valence-corrected chi connectivity index (χ4v) is 2.95. The van der Waals surface area contributed by atoms with E-state index in [-0.39, 0.29) is 5.75 Å². The summed E-state index contributed by atoms with van der Waals surface area (Å²) in [4.78, 5) is 0. The fourth-order valence-electron chi connectivity index (χ4n) is 2.76. The largest absolute Gasteiger partial charge is 0.434 e. The summed E-state index contributed by atoms with van der Waals surface area (Å²) in [7, 11) is 0. The molecule has 112 valence electrons. The third-order valence-electron chi connectivity index (χ3n) is 3.90. The highest BCUT2D eigenvalue weighted by atomic mass is 35.5. The molecule has 0 amide bonds. The Morgan fingerprint density at radius 1 is 1.35 bits per heavy atom. The lowest BCUT2D eigenvalue weighted by atomic mass is 9.86. The van der Waals surface area contributed by atoms with E-state index in [0.29, 0.717) is 29.1 Å². The van der Waals surface area contributed by atoms with Gasteiger partial charge >= 0.3 is 6.61 Å². The lowest BCUT2D eigenvalue weighted by molar-refractivity contribution is -0.0505. The zero-order valence-corrected chi connectivity index (χ0v) is 12.3. The van der Waals surface area contributed by atoms with Crippen molar-refractivity contribution in [2.45, 2.75) is 51.8 Å². The molecule has 2 nitrogen and oxygen atoms in total. The molecule has 0 saturated heterocycles. The Bertz CT molecular complexity index is 442. The molecule has 2 atom stereocenters. The summed E-state index contributed by atoms with van der Waals surface area (Å²) in [5, 5.41) is 3.97. The number of benzene rings is 1. The zero-order valence-electron chi connectivity index (χ0n) is 11.5. The van der Waals surface area contributed by atoms with Crippen molar-refractivity contribution in [2.24, 2.45) is 5.92 Å². The first-order valence-corrected chi connectivity index (χ1v) is 7.40. The van der Waals surface area contributed by atoms with Gasteiger partial charge in [0.15, 0.2) is 0 Å². The van der Waals surface area contributed by atoms with Crippen molar-refractivity contribution >= 4 is 11.6 Å². The molecule has 0 aliphatic heterocycles. The number of rotatable bonds is 5. The summed E-state index contributed by atoms with van der Waals surface area (Å²) in [6, 6.07) is 5.17. The van der Waals surface area contributed by atoms with Gasteiger partial charge in [0.2, 0.25) is 0 Å². The number of hydrogen-bond acceptors (Lipinski definition) is 2. The Hall–Kier alpha value is -0.870. The van der Waals surface area contributed by atoms with Crippen LogP contribution in [-0.2, 0) is 6.54 Å². The Kier molecular flexibility index (Phi) is 5.61. The summed E-state index contributed by atoms with van der Waals surface area (Å²) in [6.07, 6.45) is 4.84. The lowest BCUT2D eigenvalue weighted by Gasteiger charge is -2.30. The van der Waals surface area contributed by atoms with E-state index in [9.17, 15) is 8.78 Å². The minimum absolute atomic E-state index is 0.195. The number of hydrogen-bond donors (Lipinski definition) is 1. The minimum atomic E-state index is -2.82. The van der Waals surface area contributed by atoms with Crippen LogP contribution in [0.1, 0.15) is 38.2 Å². The lowest BCUT2D eigenvalue weighted by Crippen LogP contribution is -2.36. The van der Waals surface area contributed by atoms with E-state index in [1.807, 2.05) is 0 Å². The van der Waals surface area contributed by atoms with Crippen molar-refractivity contribution in [3.05, 3.63) is 28.8 Å². The van der Waals surface area contributed by atoms with Crippen LogP contribution in [0, 0.1) is 5.92 Å². The second kappa shape index (κ2) is 7.23. The highest BCUT2D eigenvalue weighted by molar-refractivity contribution is 6.30. The van der Waals surface area contributed by atoms with Crippen LogP contribution in [0.4, 0.5) is 8.78 Å². The third kappa shape index (κ3) is 4.32. The van der Waals surface area contributed by atoms with Crippen LogP contribution >= 0.6 is 11.6 Å². The molecule has 1 aliphatic rings. The number of ether oxygens (including phenoxy) is 1. The van der Waals surface area contributed by atoms with Crippen molar-refractivity contribution in [3.8, 4) is 5.75 Å². The smallest absolute Gasteiger partial charge is 0.387 e. The van der Waals surface area contributed by atoms with E-state index in [0.717, 1.165) is 6.42 Å². The summed E-state index contributed by atoms with van der Waals surface area (Å²) in [5.74, 6) is 0.808. The van der Waals surface area contributed by atoms with Crippen LogP contribution in [-0.4, -0.2) is 12.7 Å². The summed E-state index contributed by atoms with van der Waals surface area (Å²) in [6.45, 7) is -0.0910.